The lowest BCUT2D eigenvalue weighted by atomic mass is 9.85. The van der Waals surface area contributed by atoms with Crippen LogP contribution >= 0.6 is 0 Å². The molecule has 1 aliphatic rings. The number of hydrogen-bond acceptors (Lipinski definition) is 4. The minimum Gasteiger partial charge on any atom is -0.507 e. The number of pyridine rings is 1. The normalized spacial score (nSPS) is 20.6. The van der Waals surface area contributed by atoms with E-state index in [2.05, 4.69) is 54.6 Å². The molecule has 0 saturated heterocycles. The lowest BCUT2D eigenvalue weighted by Gasteiger charge is -2.33. The van der Waals surface area contributed by atoms with Crippen molar-refractivity contribution in [2.45, 2.75) is 77.0 Å². The maximum atomic E-state index is 10.7. The van der Waals surface area contributed by atoms with E-state index in [1.54, 1.807) is 0 Å². The van der Waals surface area contributed by atoms with Gasteiger partial charge >= 0.3 is 0 Å². The third kappa shape index (κ3) is 5.30. The fourth-order valence-corrected chi connectivity index (χ4v) is 3.95. The van der Waals surface area contributed by atoms with E-state index in [0.29, 0.717) is 24.4 Å². The highest BCUT2D eigenvalue weighted by atomic mass is 16.3. The summed E-state index contributed by atoms with van der Waals surface area (Å²) in [6.07, 6.45) is 8.60. The summed E-state index contributed by atoms with van der Waals surface area (Å²) < 4.78 is 0. The van der Waals surface area contributed by atoms with Gasteiger partial charge in [-0.2, -0.15) is 0 Å². The first-order chi connectivity index (χ1) is 12.9. The summed E-state index contributed by atoms with van der Waals surface area (Å²) in [6.45, 7) is 7.99. The third-order valence-corrected chi connectivity index (χ3v) is 5.57. The minimum atomic E-state index is -0.0560. The number of phenols is 1. The lowest BCUT2D eigenvalue weighted by molar-refractivity contribution is 0.280. The van der Waals surface area contributed by atoms with Gasteiger partial charge in [0.05, 0.1) is 0 Å². The van der Waals surface area contributed by atoms with Gasteiger partial charge in [0.15, 0.2) is 0 Å². The van der Waals surface area contributed by atoms with Gasteiger partial charge in [0.2, 0.25) is 0 Å². The molecule has 146 valence electrons. The highest BCUT2D eigenvalue weighted by molar-refractivity contribution is 5.44. The molecular weight excluding hydrogens is 334 g/mol. The van der Waals surface area contributed by atoms with Crippen molar-refractivity contribution in [3.05, 3.63) is 59.4 Å². The van der Waals surface area contributed by atoms with Crippen molar-refractivity contribution in [1.29, 1.82) is 0 Å². The minimum absolute atomic E-state index is 0.0560. The average Bonchev–Trinajstić information content (AvgIpc) is 2.66. The molecule has 1 heterocycles. The third-order valence-electron chi connectivity index (χ3n) is 5.57. The van der Waals surface area contributed by atoms with Gasteiger partial charge in [0.1, 0.15) is 5.75 Å². The van der Waals surface area contributed by atoms with Crippen LogP contribution in [0.15, 0.2) is 42.7 Å². The van der Waals surface area contributed by atoms with E-state index in [0.717, 1.165) is 17.7 Å². The molecule has 1 aromatic carbocycles. The van der Waals surface area contributed by atoms with Gasteiger partial charge in [0.25, 0.3) is 0 Å². The van der Waals surface area contributed by atoms with E-state index in [-0.39, 0.29) is 5.41 Å². The first-order valence-corrected chi connectivity index (χ1v) is 10.1. The molecule has 1 aliphatic carbocycles. The second-order valence-electron chi connectivity index (χ2n) is 8.68. The van der Waals surface area contributed by atoms with Crippen LogP contribution in [0.4, 0.5) is 0 Å². The zero-order valence-corrected chi connectivity index (χ0v) is 16.8. The van der Waals surface area contributed by atoms with Crippen molar-refractivity contribution in [3.8, 4) is 5.75 Å². The SMILES string of the molecule is CC(C)(C)c1cccc(CN[C@H]2CCCC[C@@H]2NCc2ccncc2)c1O. The summed E-state index contributed by atoms with van der Waals surface area (Å²) in [5, 5.41) is 18.1. The highest BCUT2D eigenvalue weighted by Gasteiger charge is 2.25. The van der Waals surface area contributed by atoms with E-state index >= 15 is 0 Å². The van der Waals surface area contributed by atoms with E-state index in [1.165, 1.54) is 31.2 Å². The molecule has 1 saturated carbocycles. The zero-order chi connectivity index (χ0) is 19.3. The van der Waals surface area contributed by atoms with Gasteiger partial charge in [-0.1, -0.05) is 51.8 Å². The molecule has 2 aromatic rings. The van der Waals surface area contributed by atoms with Gasteiger partial charge < -0.3 is 15.7 Å². The molecule has 0 aliphatic heterocycles. The zero-order valence-electron chi connectivity index (χ0n) is 16.8. The number of nitrogens with zero attached hydrogens (tertiary/aromatic N) is 1. The molecule has 3 N–H and O–H groups in total. The van der Waals surface area contributed by atoms with Crippen molar-refractivity contribution in [2.75, 3.05) is 0 Å². The predicted molar refractivity (Wildman–Crippen MR) is 111 cm³/mol. The molecule has 0 spiro atoms. The standard InChI is InChI=1S/C23H33N3O/c1-23(2,3)19-8-6-7-18(22(19)27)16-26-21-10-5-4-9-20(21)25-15-17-11-13-24-14-12-17/h6-8,11-14,20-21,25-27H,4-5,9-10,15-16H2,1-3H3/t20-,21-/m0/s1. The van der Waals surface area contributed by atoms with E-state index in [4.69, 9.17) is 0 Å². The van der Waals surface area contributed by atoms with Gasteiger partial charge in [-0.05, 0) is 41.5 Å². The molecule has 0 unspecified atom stereocenters. The number of nitrogens with one attached hydrogen (secondary N) is 2. The number of rotatable bonds is 6. The molecule has 0 radical (unpaired) electrons. The van der Waals surface area contributed by atoms with E-state index in [1.807, 2.05) is 24.5 Å². The monoisotopic (exact) mass is 367 g/mol. The van der Waals surface area contributed by atoms with Crippen LogP contribution in [0.2, 0.25) is 0 Å². The summed E-state index contributed by atoms with van der Waals surface area (Å²) in [5.41, 5.74) is 3.21. The van der Waals surface area contributed by atoms with Crippen LogP contribution in [0.3, 0.4) is 0 Å². The first kappa shape index (κ1) is 19.8. The Hall–Kier alpha value is -1.91. The summed E-state index contributed by atoms with van der Waals surface area (Å²) in [6, 6.07) is 11.1. The highest BCUT2D eigenvalue weighted by Crippen LogP contribution is 2.33. The van der Waals surface area contributed by atoms with Crippen molar-refractivity contribution in [1.82, 2.24) is 15.6 Å². The van der Waals surface area contributed by atoms with Crippen LogP contribution in [0, 0.1) is 0 Å². The Morgan fingerprint density at radius 3 is 2.22 bits per heavy atom. The Morgan fingerprint density at radius 1 is 0.963 bits per heavy atom. The summed E-state index contributed by atoms with van der Waals surface area (Å²) >= 11 is 0. The van der Waals surface area contributed by atoms with Crippen molar-refractivity contribution < 1.29 is 5.11 Å². The maximum Gasteiger partial charge on any atom is 0.123 e. The van der Waals surface area contributed by atoms with Crippen LogP contribution in [-0.2, 0) is 18.5 Å². The number of hydrogen-bond donors (Lipinski definition) is 3. The lowest BCUT2D eigenvalue weighted by Crippen LogP contribution is -2.49. The molecule has 27 heavy (non-hydrogen) atoms. The Balaban J connectivity index is 1.62. The van der Waals surface area contributed by atoms with Gasteiger partial charge in [-0.15, -0.1) is 0 Å². The van der Waals surface area contributed by atoms with Crippen molar-refractivity contribution >= 4 is 0 Å². The number of para-hydroxylation sites is 1. The number of benzene rings is 1. The van der Waals surface area contributed by atoms with Crippen LogP contribution < -0.4 is 10.6 Å². The number of aromatic hydroxyl groups is 1. The Kier molecular flexibility index (Phi) is 6.51. The fraction of sp³-hybridized carbons (Fsp3) is 0.522. The van der Waals surface area contributed by atoms with E-state index in [9.17, 15) is 5.11 Å². The molecule has 3 rings (SSSR count). The smallest absolute Gasteiger partial charge is 0.123 e. The molecule has 0 amide bonds. The summed E-state index contributed by atoms with van der Waals surface area (Å²) in [7, 11) is 0. The second-order valence-corrected chi connectivity index (χ2v) is 8.68. The molecule has 2 atom stereocenters. The van der Waals surface area contributed by atoms with E-state index < -0.39 is 0 Å². The molecule has 1 aromatic heterocycles. The maximum absolute atomic E-state index is 10.7. The van der Waals surface area contributed by atoms with Gasteiger partial charge in [-0.25, -0.2) is 0 Å². The Morgan fingerprint density at radius 2 is 1.59 bits per heavy atom. The Bertz CT molecular complexity index is 724. The second kappa shape index (κ2) is 8.85. The molecule has 1 fully saturated rings. The average molecular weight is 368 g/mol. The predicted octanol–water partition coefficient (Wildman–Crippen LogP) is 4.28. The van der Waals surface area contributed by atoms with Gasteiger partial charge in [-0.3, -0.25) is 4.98 Å². The largest absolute Gasteiger partial charge is 0.507 e. The first-order valence-electron chi connectivity index (χ1n) is 10.1. The van der Waals surface area contributed by atoms with Crippen LogP contribution in [0.5, 0.6) is 5.75 Å². The fourth-order valence-electron chi connectivity index (χ4n) is 3.95. The topological polar surface area (TPSA) is 57.2 Å². The van der Waals surface area contributed by atoms with Crippen LogP contribution in [-0.4, -0.2) is 22.2 Å². The molecular formula is C23H33N3O. The van der Waals surface area contributed by atoms with Crippen molar-refractivity contribution in [2.24, 2.45) is 0 Å². The van der Waals surface area contributed by atoms with Crippen molar-refractivity contribution in [3.63, 3.8) is 0 Å². The molecule has 4 heteroatoms. The van der Waals surface area contributed by atoms with Crippen LogP contribution in [0.1, 0.15) is 63.1 Å². The number of phenolic OH excluding ortho intramolecular Hbond substituents is 1. The Labute approximate surface area is 163 Å². The quantitative estimate of drug-likeness (QED) is 0.713. The summed E-state index contributed by atoms with van der Waals surface area (Å²) in [4.78, 5) is 4.09. The summed E-state index contributed by atoms with van der Waals surface area (Å²) in [5.74, 6) is 0.439. The molecule has 0 bridgehead atoms. The molecule has 4 nitrogen and oxygen atoms in total. The van der Waals surface area contributed by atoms with Crippen LogP contribution in [0.25, 0.3) is 0 Å². The number of aromatic nitrogens is 1. The van der Waals surface area contributed by atoms with Gasteiger partial charge in [0, 0.05) is 43.1 Å².